The van der Waals surface area contributed by atoms with Crippen LogP contribution < -0.4 is 10.6 Å². The smallest absolute Gasteiger partial charge is 0.326 e. The van der Waals surface area contributed by atoms with E-state index in [2.05, 4.69) is 10.6 Å². The molecule has 0 saturated heterocycles. The minimum absolute atomic E-state index is 0.0101. The summed E-state index contributed by atoms with van der Waals surface area (Å²) in [7, 11) is 0. The summed E-state index contributed by atoms with van der Waals surface area (Å²) in [5, 5.41) is 22.9. The molecular weight excluding hydrogens is 334 g/mol. The van der Waals surface area contributed by atoms with Crippen LogP contribution in [0.5, 0.6) is 0 Å². The molecule has 0 spiro atoms. The number of hydrogen-bond acceptors (Lipinski definition) is 4. The summed E-state index contributed by atoms with van der Waals surface area (Å²) in [6.45, 7) is 1.86. The number of amides is 2. The molecule has 0 aliphatic carbocycles. The van der Waals surface area contributed by atoms with Crippen LogP contribution in [0.3, 0.4) is 0 Å². The maximum atomic E-state index is 12.0. The van der Waals surface area contributed by atoms with Gasteiger partial charge in [0.1, 0.15) is 6.04 Å². The van der Waals surface area contributed by atoms with Crippen LogP contribution in [0.2, 0.25) is 0 Å². The van der Waals surface area contributed by atoms with Crippen molar-refractivity contribution in [1.29, 1.82) is 5.26 Å². The molecule has 140 valence electrons. The molecule has 2 amide bonds. The maximum absolute atomic E-state index is 12.0. The second-order valence-electron chi connectivity index (χ2n) is 6.06. The highest BCUT2D eigenvalue weighted by Gasteiger charge is 2.20. The van der Waals surface area contributed by atoms with E-state index in [0.29, 0.717) is 19.3 Å². The van der Waals surface area contributed by atoms with Crippen molar-refractivity contribution < 1.29 is 19.5 Å². The van der Waals surface area contributed by atoms with Gasteiger partial charge in [-0.05, 0) is 31.7 Å². The molecule has 0 saturated carbocycles. The molecule has 1 rings (SSSR count). The molecule has 0 radical (unpaired) electrons. The summed E-state index contributed by atoms with van der Waals surface area (Å²) < 4.78 is 0. The zero-order valence-electron chi connectivity index (χ0n) is 14.9. The molecule has 2 atom stereocenters. The molecule has 0 heterocycles. The number of nitrogens with zero attached hydrogens (tertiary/aromatic N) is 1. The van der Waals surface area contributed by atoms with E-state index in [-0.39, 0.29) is 31.2 Å². The van der Waals surface area contributed by atoms with Gasteiger partial charge in [-0.15, -0.1) is 0 Å². The van der Waals surface area contributed by atoms with Crippen LogP contribution >= 0.6 is 0 Å². The summed E-state index contributed by atoms with van der Waals surface area (Å²) in [5.41, 5.74) is 0.966. The van der Waals surface area contributed by atoms with E-state index in [0.717, 1.165) is 5.56 Å². The number of unbranched alkanes of at least 4 members (excludes halogenated alkanes) is 2. The number of carboxylic acid groups (broad SMARTS) is 1. The summed E-state index contributed by atoms with van der Waals surface area (Å²) in [6.07, 6.45) is 1.68. The fourth-order valence-electron chi connectivity index (χ4n) is 2.44. The number of aliphatic carboxylic acids is 1. The first kappa shape index (κ1) is 21.2. The third kappa shape index (κ3) is 8.29. The summed E-state index contributed by atoms with van der Waals surface area (Å²) in [4.78, 5) is 35.0. The molecule has 7 heteroatoms. The Balaban J connectivity index is 2.35. The first-order chi connectivity index (χ1) is 12.4. The van der Waals surface area contributed by atoms with E-state index in [9.17, 15) is 14.4 Å². The molecule has 0 fully saturated rings. The Morgan fingerprint density at radius 1 is 1.08 bits per heavy atom. The molecule has 3 N–H and O–H groups in total. The molecule has 0 aliphatic rings. The lowest BCUT2D eigenvalue weighted by Crippen LogP contribution is -2.41. The zero-order chi connectivity index (χ0) is 19.4. The number of hydrogen-bond donors (Lipinski definition) is 3. The van der Waals surface area contributed by atoms with Crippen molar-refractivity contribution in [3.8, 4) is 6.07 Å². The average molecular weight is 359 g/mol. The van der Waals surface area contributed by atoms with Crippen LogP contribution in [0.4, 0.5) is 0 Å². The first-order valence-corrected chi connectivity index (χ1v) is 8.67. The van der Waals surface area contributed by atoms with Gasteiger partial charge in [0.25, 0.3) is 0 Å². The van der Waals surface area contributed by atoms with E-state index in [1.807, 2.05) is 43.3 Å². The van der Waals surface area contributed by atoms with Crippen molar-refractivity contribution in [3.05, 3.63) is 35.9 Å². The lowest BCUT2D eigenvalue weighted by Gasteiger charge is -2.16. The van der Waals surface area contributed by atoms with E-state index in [4.69, 9.17) is 10.4 Å². The number of benzene rings is 1. The van der Waals surface area contributed by atoms with Crippen LogP contribution in [-0.2, 0) is 14.4 Å². The Hall–Kier alpha value is -2.88. The molecular formula is C19H25N3O4. The van der Waals surface area contributed by atoms with Crippen LogP contribution in [0.15, 0.2) is 30.3 Å². The summed E-state index contributed by atoms with van der Waals surface area (Å²) in [5.74, 6) is -1.85. The highest BCUT2D eigenvalue weighted by atomic mass is 16.4. The fraction of sp³-hybridized carbons (Fsp3) is 0.474. The molecule has 0 aromatic heterocycles. The van der Waals surface area contributed by atoms with E-state index in [1.165, 1.54) is 0 Å². The van der Waals surface area contributed by atoms with Crippen molar-refractivity contribution in [2.75, 3.05) is 0 Å². The van der Waals surface area contributed by atoms with Crippen molar-refractivity contribution in [1.82, 2.24) is 10.6 Å². The van der Waals surface area contributed by atoms with Crippen LogP contribution in [0, 0.1) is 11.3 Å². The van der Waals surface area contributed by atoms with Crippen molar-refractivity contribution >= 4 is 17.8 Å². The molecule has 1 aromatic carbocycles. The minimum atomic E-state index is -1.11. The molecule has 26 heavy (non-hydrogen) atoms. The molecule has 7 nitrogen and oxygen atoms in total. The monoisotopic (exact) mass is 359 g/mol. The van der Waals surface area contributed by atoms with E-state index >= 15 is 0 Å². The highest BCUT2D eigenvalue weighted by Crippen LogP contribution is 2.11. The van der Waals surface area contributed by atoms with Gasteiger partial charge >= 0.3 is 5.97 Å². The van der Waals surface area contributed by atoms with Crippen molar-refractivity contribution in [3.63, 3.8) is 0 Å². The van der Waals surface area contributed by atoms with Gasteiger partial charge < -0.3 is 15.7 Å². The normalized spacial score (nSPS) is 12.5. The number of carboxylic acids is 1. The maximum Gasteiger partial charge on any atom is 0.326 e. The van der Waals surface area contributed by atoms with E-state index in [1.54, 1.807) is 0 Å². The quantitative estimate of drug-likeness (QED) is 0.524. The zero-order valence-corrected chi connectivity index (χ0v) is 14.9. The predicted molar refractivity (Wildman–Crippen MR) is 95.9 cm³/mol. The van der Waals surface area contributed by atoms with Crippen LogP contribution in [-0.4, -0.2) is 28.9 Å². The summed E-state index contributed by atoms with van der Waals surface area (Å²) >= 11 is 0. The standard InChI is InChI=1S/C19H25N3O4/c1-14(15-8-4-2-5-9-15)21-17(23)11-12-18(24)22-16(19(25)26)10-6-3-7-13-20/h2,4-5,8-9,14,16H,3,6-7,10-12H2,1H3,(H,21,23)(H,22,24)(H,25,26)/t14-,16-/m1/s1. The number of nitriles is 1. The Morgan fingerprint density at radius 3 is 2.27 bits per heavy atom. The minimum Gasteiger partial charge on any atom is -0.480 e. The number of carbonyl (C=O) groups excluding carboxylic acids is 2. The Morgan fingerprint density at radius 2 is 1.69 bits per heavy atom. The second-order valence-corrected chi connectivity index (χ2v) is 6.06. The second kappa shape index (κ2) is 11.6. The van der Waals surface area contributed by atoms with Gasteiger partial charge in [0.05, 0.1) is 12.1 Å². The number of nitrogens with one attached hydrogen (secondary N) is 2. The van der Waals surface area contributed by atoms with Gasteiger partial charge in [-0.3, -0.25) is 9.59 Å². The van der Waals surface area contributed by atoms with Gasteiger partial charge in [-0.2, -0.15) is 5.26 Å². The first-order valence-electron chi connectivity index (χ1n) is 8.67. The van der Waals surface area contributed by atoms with Crippen molar-refractivity contribution in [2.24, 2.45) is 0 Å². The molecule has 0 bridgehead atoms. The summed E-state index contributed by atoms with van der Waals surface area (Å²) in [6, 6.07) is 10.3. The van der Waals surface area contributed by atoms with Crippen LogP contribution in [0.1, 0.15) is 57.1 Å². The number of rotatable bonds is 11. The van der Waals surface area contributed by atoms with E-state index < -0.39 is 17.9 Å². The Kier molecular flexibility index (Phi) is 9.47. The Bertz CT molecular complexity index is 640. The Labute approximate surface area is 153 Å². The molecule has 0 aliphatic heterocycles. The van der Waals surface area contributed by atoms with Gasteiger partial charge in [-0.25, -0.2) is 4.79 Å². The average Bonchev–Trinajstić information content (AvgIpc) is 2.63. The number of carbonyl (C=O) groups is 3. The van der Waals surface area contributed by atoms with Gasteiger partial charge in [0.2, 0.25) is 11.8 Å². The van der Waals surface area contributed by atoms with Gasteiger partial charge in [0.15, 0.2) is 0 Å². The van der Waals surface area contributed by atoms with Crippen LogP contribution in [0.25, 0.3) is 0 Å². The molecule has 0 unspecified atom stereocenters. The lowest BCUT2D eigenvalue weighted by atomic mass is 10.1. The lowest BCUT2D eigenvalue weighted by molar-refractivity contribution is -0.142. The van der Waals surface area contributed by atoms with Gasteiger partial charge in [-0.1, -0.05) is 30.3 Å². The highest BCUT2D eigenvalue weighted by molar-refractivity contribution is 5.87. The van der Waals surface area contributed by atoms with Gasteiger partial charge in [0, 0.05) is 19.3 Å². The predicted octanol–water partition coefficient (Wildman–Crippen LogP) is 2.30. The largest absolute Gasteiger partial charge is 0.480 e. The third-order valence-electron chi connectivity index (χ3n) is 3.92. The SMILES string of the molecule is C[C@@H](NC(=O)CCC(=O)N[C@H](CCCCC#N)C(=O)O)c1ccccc1. The fourth-order valence-corrected chi connectivity index (χ4v) is 2.44. The van der Waals surface area contributed by atoms with Crippen molar-refractivity contribution in [2.45, 2.75) is 57.5 Å². The third-order valence-corrected chi connectivity index (χ3v) is 3.92. The molecule has 1 aromatic rings. The topological polar surface area (TPSA) is 119 Å².